The molecule has 2 rings (SSSR count). The average Bonchev–Trinajstić information content (AvgIpc) is 2.33. The van der Waals surface area contributed by atoms with Crippen molar-refractivity contribution in [2.24, 2.45) is 5.92 Å². The van der Waals surface area contributed by atoms with Crippen molar-refractivity contribution < 1.29 is 9.53 Å². The third-order valence-corrected chi connectivity index (χ3v) is 3.14. The van der Waals surface area contributed by atoms with Gasteiger partial charge in [-0.15, -0.1) is 0 Å². The van der Waals surface area contributed by atoms with E-state index in [0.717, 1.165) is 12.0 Å². The van der Waals surface area contributed by atoms with Crippen LogP contribution in [0.5, 0.6) is 0 Å². The highest BCUT2D eigenvalue weighted by atomic mass is 16.5. The predicted octanol–water partition coefficient (Wildman–Crippen LogP) is 2.71. The molecule has 0 saturated heterocycles. The molecule has 0 aromatic heterocycles. The molecular weight excluding hydrogens is 202 g/mol. The molecule has 0 bridgehead atoms. The van der Waals surface area contributed by atoms with Crippen LogP contribution in [0, 0.1) is 5.92 Å². The van der Waals surface area contributed by atoms with Crippen LogP contribution < -0.4 is 5.32 Å². The van der Waals surface area contributed by atoms with Gasteiger partial charge in [-0.3, -0.25) is 0 Å². The molecule has 1 aromatic carbocycles. The summed E-state index contributed by atoms with van der Waals surface area (Å²) in [7, 11) is 0. The summed E-state index contributed by atoms with van der Waals surface area (Å²) in [5.74, 6) is 0.587. The Hall–Kier alpha value is -1.51. The summed E-state index contributed by atoms with van der Waals surface area (Å²) in [6.45, 7) is 2.49. The Bertz CT molecular complexity index is 350. The minimum Gasteiger partial charge on any atom is -0.445 e. The highest BCUT2D eigenvalue weighted by molar-refractivity contribution is 5.67. The van der Waals surface area contributed by atoms with E-state index < -0.39 is 0 Å². The zero-order valence-electron chi connectivity index (χ0n) is 9.48. The normalized spacial score (nSPS) is 23.3. The standard InChI is InChI=1S/C13H17NO2/c1-10-7-8-12(10)14-13(15)16-9-11-5-3-2-4-6-11/h2-6,10,12H,7-9H2,1H3,(H,14,15)/t10-,12+/m0/s1. The molecular formula is C13H17NO2. The summed E-state index contributed by atoms with van der Waals surface area (Å²) >= 11 is 0. The zero-order chi connectivity index (χ0) is 11.4. The molecule has 2 atom stereocenters. The third kappa shape index (κ3) is 2.75. The number of alkyl carbamates (subject to hydrolysis) is 1. The Kier molecular flexibility index (Phi) is 3.44. The number of rotatable bonds is 3. The molecule has 1 amide bonds. The predicted molar refractivity (Wildman–Crippen MR) is 61.9 cm³/mol. The molecule has 1 aliphatic rings. The number of hydrogen-bond acceptors (Lipinski definition) is 2. The van der Waals surface area contributed by atoms with E-state index in [-0.39, 0.29) is 6.09 Å². The molecule has 3 nitrogen and oxygen atoms in total. The fraction of sp³-hybridized carbons (Fsp3) is 0.462. The van der Waals surface area contributed by atoms with Crippen molar-refractivity contribution in [2.45, 2.75) is 32.4 Å². The molecule has 0 heterocycles. The lowest BCUT2D eigenvalue weighted by atomic mass is 9.81. The fourth-order valence-corrected chi connectivity index (χ4v) is 1.80. The smallest absolute Gasteiger partial charge is 0.407 e. The average molecular weight is 219 g/mol. The van der Waals surface area contributed by atoms with E-state index in [4.69, 9.17) is 4.74 Å². The van der Waals surface area contributed by atoms with Crippen LogP contribution in [0.25, 0.3) is 0 Å². The Labute approximate surface area is 95.8 Å². The van der Waals surface area contributed by atoms with Gasteiger partial charge in [-0.2, -0.15) is 0 Å². The quantitative estimate of drug-likeness (QED) is 0.848. The monoisotopic (exact) mass is 219 g/mol. The van der Waals surface area contributed by atoms with Crippen LogP contribution in [-0.4, -0.2) is 12.1 Å². The van der Waals surface area contributed by atoms with Gasteiger partial charge in [-0.05, 0) is 24.3 Å². The van der Waals surface area contributed by atoms with Crippen LogP contribution in [0.4, 0.5) is 4.79 Å². The molecule has 86 valence electrons. The maximum Gasteiger partial charge on any atom is 0.407 e. The minimum atomic E-state index is -0.305. The van der Waals surface area contributed by atoms with Gasteiger partial charge in [0, 0.05) is 6.04 Å². The van der Waals surface area contributed by atoms with Gasteiger partial charge in [0.1, 0.15) is 6.61 Å². The molecule has 1 saturated carbocycles. The van der Waals surface area contributed by atoms with Crippen molar-refractivity contribution in [3.05, 3.63) is 35.9 Å². The summed E-state index contributed by atoms with van der Waals surface area (Å²) in [6.07, 6.45) is 1.96. The van der Waals surface area contributed by atoms with Crippen LogP contribution in [0.3, 0.4) is 0 Å². The highest BCUT2D eigenvalue weighted by Gasteiger charge is 2.28. The van der Waals surface area contributed by atoms with Crippen molar-refractivity contribution >= 4 is 6.09 Å². The summed E-state index contributed by atoms with van der Waals surface area (Å²) < 4.78 is 5.13. The first kappa shape index (κ1) is 11.0. The SMILES string of the molecule is C[C@H]1CC[C@H]1NC(=O)OCc1ccccc1. The Balaban J connectivity index is 1.72. The molecule has 1 aliphatic carbocycles. The number of amides is 1. The van der Waals surface area contributed by atoms with E-state index in [9.17, 15) is 4.79 Å². The first-order valence-electron chi connectivity index (χ1n) is 5.73. The Morgan fingerprint density at radius 2 is 2.12 bits per heavy atom. The van der Waals surface area contributed by atoms with E-state index in [1.165, 1.54) is 6.42 Å². The molecule has 0 radical (unpaired) electrons. The third-order valence-electron chi connectivity index (χ3n) is 3.14. The van der Waals surface area contributed by atoms with Crippen molar-refractivity contribution in [3.63, 3.8) is 0 Å². The summed E-state index contributed by atoms with van der Waals surface area (Å²) in [5, 5.41) is 2.88. The van der Waals surface area contributed by atoms with Crippen molar-refractivity contribution in [1.82, 2.24) is 5.32 Å². The van der Waals surface area contributed by atoms with Crippen molar-refractivity contribution in [3.8, 4) is 0 Å². The molecule has 3 heteroatoms. The van der Waals surface area contributed by atoms with Gasteiger partial charge < -0.3 is 10.1 Å². The summed E-state index contributed by atoms with van der Waals surface area (Å²) in [6, 6.07) is 10.0. The van der Waals surface area contributed by atoms with E-state index in [0.29, 0.717) is 18.6 Å². The van der Waals surface area contributed by atoms with Crippen molar-refractivity contribution in [1.29, 1.82) is 0 Å². The summed E-state index contributed by atoms with van der Waals surface area (Å²) in [4.78, 5) is 11.4. The highest BCUT2D eigenvalue weighted by Crippen LogP contribution is 2.26. The van der Waals surface area contributed by atoms with E-state index in [1.807, 2.05) is 30.3 Å². The Morgan fingerprint density at radius 1 is 1.38 bits per heavy atom. The molecule has 0 unspecified atom stereocenters. The molecule has 0 aliphatic heterocycles. The second-order valence-corrected chi connectivity index (χ2v) is 4.37. The second kappa shape index (κ2) is 5.01. The minimum absolute atomic E-state index is 0.305. The number of benzene rings is 1. The van der Waals surface area contributed by atoms with E-state index in [1.54, 1.807) is 0 Å². The number of nitrogens with one attached hydrogen (secondary N) is 1. The molecule has 0 spiro atoms. The zero-order valence-corrected chi connectivity index (χ0v) is 9.48. The Morgan fingerprint density at radius 3 is 2.69 bits per heavy atom. The lowest BCUT2D eigenvalue weighted by Gasteiger charge is -2.33. The maximum absolute atomic E-state index is 11.4. The maximum atomic E-state index is 11.4. The topological polar surface area (TPSA) is 38.3 Å². The van der Waals surface area contributed by atoms with Gasteiger partial charge in [0.25, 0.3) is 0 Å². The van der Waals surface area contributed by atoms with Gasteiger partial charge >= 0.3 is 6.09 Å². The van der Waals surface area contributed by atoms with Gasteiger partial charge in [0.15, 0.2) is 0 Å². The van der Waals surface area contributed by atoms with Gasteiger partial charge in [-0.1, -0.05) is 37.3 Å². The van der Waals surface area contributed by atoms with Gasteiger partial charge in [-0.25, -0.2) is 4.79 Å². The number of hydrogen-bond donors (Lipinski definition) is 1. The number of ether oxygens (including phenoxy) is 1. The van der Waals surface area contributed by atoms with Crippen LogP contribution in [-0.2, 0) is 11.3 Å². The van der Waals surface area contributed by atoms with Crippen LogP contribution in [0.2, 0.25) is 0 Å². The molecule has 1 aromatic rings. The van der Waals surface area contributed by atoms with Crippen LogP contribution in [0.1, 0.15) is 25.3 Å². The second-order valence-electron chi connectivity index (χ2n) is 4.37. The lowest BCUT2D eigenvalue weighted by Crippen LogP contribution is -2.45. The first-order valence-corrected chi connectivity index (χ1v) is 5.73. The summed E-state index contributed by atoms with van der Waals surface area (Å²) in [5.41, 5.74) is 1.01. The molecule has 1 N–H and O–H groups in total. The first-order chi connectivity index (χ1) is 7.75. The van der Waals surface area contributed by atoms with Gasteiger partial charge in [0.2, 0.25) is 0 Å². The lowest BCUT2D eigenvalue weighted by molar-refractivity contribution is 0.121. The number of carbonyl (C=O) groups is 1. The number of carbonyl (C=O) groups excluding carboxylic acids is 1. The van der Waals surface area contributed by atoms with Crippen LogP contribution >= 0.6 is 0 Å². The fourth-order valence-electron chi connectivity index (χ4n) is 1.80. The van der Waals surface area contributed by atoms with Crippen LogP contribution in [0.15, 0.2) is 30.3 Å². The van der Waals surface area contributed by atoms with E-state index in [2.05, 4.69) is 12.2 Å². The largest absolute Gasteiger partial charge is 0.445 e. The van der Waals surface area contributed by atoms with E-state index >= 15 is 0 Å². The van der Waals surface area contributed by atoms with Gasteiger partial charge in [0.05, 0.1) is 0 Å². The van der Waals surface area contributed by atoms with Crippen molar-refractivity contribution in [2.75, 3.05) is 0 Å². The molecule has 16 heavy (non-hydrogen) atoms. The molecule has 1 fully saturated rings.